The second kappa shape index (κ2) is 14.8. The van der Waals surface area contributed by atoms with Crippen LogP contribution in [-0.4, -0.2) is 76.8 Å². The highest BCUT2D eigenvalue weighted by molar-refractivity contribution is 4.62. The van der Waals surface area contributed by atoms with E-state index < -0.39 is 0 Å². The summed E-state index contributed by atoms with van der Waals surface area (Å²) < 4.78 is 0. The SMILES string of the molecule is CC(CCCCCNCCCN(C)C)NCCCN(C)C. The maximum Gasteiger partial charge on any atom is 0.00387 e. The van der Waals surface area contributed by atoms with Crippen LogP contribution in [0.3, 0.4) is 0 Å². The molecule has 0 fully saturated rings. The minimum absolute atomic E-state index is 0.667. The van der Waals surface area contributed by atoms with E-state index >= 15 is 0 Å². The fourth-order valence-corrected chi connectivity index (χ4v) is 2.37. The molecule has 0 heterocycles. The normalized spacial score (nSPS) is 13.3. The molecule has 0 amide bonds. The van der Waals surface area contributed by atoms with Gasteiger partial charge in [-0.25, -0.2) is 0 Å². The quantitative estimate of drug-likeness (QED) is 0.453. The monoisotopic (exact) mass is 300 g/mol. The molecule has 0 aromatic heterocycles. The molecule has 0 bridgehead atoms. The topological polar surface area (TPSA) is 30.5 Å². The second-order valence-electron chi connectivity index (χ2n) is 6.77. The highest BCUT2D eigenvalue weighted by atomic mass is 15.1. The number of rotatable bonds is 15. The Morgan fingerprint density at radius 1 is 0.714 bits per heavy atom. The molecule has 0 saturated heterocycles. The Morgan fingerprint density at radius 3 is 1.90 bits per heavy atom. The van der Waals surface area contributed by atoms with Crippen LogP contribution in [0.15, 0.2) is 0 Å². The van der Waals surface area contributed by atoms with Gasteiger partial charge in [-0.1, -0.05) is 12.8 Å². The zero-order valence-electron chi connectivity index (χ0n) is 15.2. The van der Waals surface area contributed by atoms with Gasteiger partial charge in [0.05, 0.1) is 0 Å². The van der Waals surface area contributed by atoms with Crippen molar-refractivity contribution < 1.29 is 0 Å². The first-order valence-electron chi connectivity index (χ1n) is 8.76. The fraction of sp³-hybridized carbons (Fsp3) is 1.00. The summed E-state index contributed by atoms with van der Waals surface area (Å²) in [7, 11) is 8.54. The molecule has 1 atom stereocenters. The standard InChI is InChI=1S/C17H40N4/c1-17(19-14-10-16-21(4)5)11-7-6-8-12-18-13-9-15-20(2)3/h17-19H,6-16H2,1-5H3. The summed E-state index contributed by atoms with van der Waals surface area (Å²) in [5.74, 6) is 0. The van der Waals surface area contributed by atoms with Gasteiger partial charge in [-0.3, -0.25) is 0 Å². The van der Waals surface area contributed by atoms with Crippen LogP contribution in [0.5, 0.6) is 0 Å². The summed E-state index contributed by atoms with van der Waals surface area (Å²) in [5, 5.41) is 7.15. The molecule has 0 radical (unpaired) electrons. The van der Waals surface area contributed by atoms with Crippen LogP contribution in [0.1, 0.15) is 45.4 Å². The van der Waals surface area contributed by atoms with Gasteiger partial charge in [0.25, 0.3) is 0 Å². The van der Waals surface area contributed by atoms with Crippen LogP contribution in [0.2, 0.25) is 0 Å². The molecule has 21 heavy (non-hydrogen) atoms. The third-order valence-corrected chi connectivity index (χ3v) is 3.72. The molecule has 2 N–H and O–H groups in total. The van der Waals surface area contributed by atoms with Crippen LogP contribution in [0, 0.1) is 0 Å². The van der Waals surface area contributed by atoms with Gasteiger partial charge in [0.2, 0.25) is 0 Å². The summed E-state index contributed by atoms with van der Waals surface area (Å²) in [6, 6.07) is 0.667. The Balaban J connectivity index is 3.16. The lowest BCUT2D eigenvalue weighted by Gasteiger charge is -2.15. The van der Waals surface area contributed by atoms with E-state index in [1.54, 1.807) is 0 Å². The van der Waals surface area contributed by atoms with Crippen LogP contribution in [0.4, 0.5) is 0 Å². The van der Waals surface area contributed by atoms with Gasteiger partial charge in [0.1, 0.15) is 0 Å². The summed E-state index contributed by atoms with van der Waals surface area (Å²) in [4.78, 5) is 4.49. The third kappa shape index (κ3) is 17.8. The molecule has 128 valence electrons. The van der Waals surface area contributed by atoms with E-state index in [9.17, 15) is 0 Å². The van der Waals surface area contributed by atoms with E-state index in [2.05, 4.69) is 55.5 Å². The number of hydrogen-bond acceptors (Lipinski definition) is 4. The van der Waals surface area contributed by atoms with E-state index in [0.29, 0.717) is 6.04 Å². The Kier molecular flexibility index (Phi) is 14.7. The van der Waals surface area contributed by atoms with Crippen molar-refractivity contribution in [2.75, 3.05) is 60.9 Å². The first-order chi connectivity index (χ1) is 10.0. The van der Waals surface area contributed by atoms with Gasteiger partial charge in [-0.15, -0.1) is 0 Å². The van der Waals surface area contributed by atoms with E-state index in [1.807, 2.05) is 0 Å². The van der Waals surface area contributed by atoms with Crippen LogP contribution < -0.4 is 10.6 Å². The third-order valence-electron chi connectivity index (χ3n) is 3.72. The van der Waals surface area contributed by atoms with Gasteiger partial charge in [-0.05, 0) is 93.5 Å². The first-order valence-corrected chi connectivity index (χ1v) is 8.76. The molecule has 4 nitrogen and oxygen atoms in total. The minimum Gasteiger partial charge on any atom is -0.317 e. The molecule has 0 spiro atoms. The van der Waals surface area contributed by atoms with Crippen molar-refractivity contribution in [3.05, 3.63) is 0 Å². The molecular weight excluding hydrogens is 260 g/mol. The van der Waals surface area contributed by atoms with Gasteiger partial charge < -0.3 is 20.4 Å². The molecule has 0 aromatic rings. The predicted molar refractivity (Wildman–Crippen MR) is 95.1 cm³/mol. The van der Waals surface area contributed by atoms with Crippen molar-refractivity contribution in [3.8, 4) is 0 Å². The largest absolute Gasteiger partial charge is 0.317 e. The highest BCUT2D eigenvalue weighted by Crippen LogP contribution is 2.03. The van der Waals surface area contributed by atoms with Crippen molar-refractivity contribution in [1.29, 1.82) is 0 Å². The van der Waals surface area contributed by atoms with E-state index in [4.69, 9.17) is 0 Å². The number of nitrogens with one attached hydrogen (secondary N) is 2. The van der Waals surface area contributed by atoms with Crippen LogP contribution in [0.25, 0.3) is 0 Å². The number of nitrogens with zero attached hydrogens (tertiary/aromatic N) is 2. The van der Waals surface area contributed by atoms with Gasteiger partial charge >= 0.3 is 0 Å². The molecule has 0 aromatic carbocycles. The highest BCUT2D eigenvalue weighted by Gasteiger charge is 2.01. The summed E-state index contributed by atoms with van der Waals surface area (Å²) in [6.45, 7) is 8.16. The average molecular weight is 301 g/mol. The van der Waals surface area contributed by atoms with Crippen molar-refractivity contribution >= 4 is 0 Å². The molecule has 0 aliphatic rings. The van der Waals surface area contributed by atoms with Crippen LogP contribution >= 0.6 is 0 Å². The Hall–Kier alpha value is -0.160. The van der Waals surface area contributed by atoms with E-state index in [0.717, 1.165) is 13.1 Å². The lowest BCUT2D eigenvalue weighted by atomic mass is 10.1. The lowest BCUT2D eigenvalue weighted by molar-refractivity contribution is 0.383. The van der Waals surface area contributed by atoms with Gasteiger partial charge in [-0.2, -0.15) is 0 Å². The maximum atomic E-state index is 3.62. The van der Waals surface area contributed by atoms with E-state index in [-0.39, 0.29) is 0 Å². The van der Waals surface area contributed by atoms with Crippen molar-refractivity contribution in [2.45, 2.75) is 51.5 Å². The zero-order valence-corrected chi connectivity index (χ0v) is 15.2. The number of hydrogen-bond donors (Lipinski definition) is 2. The summed E-state index contributed by atoms with van der Waals surface area (Å²) in [6.07, 6.45) is 7.82. The predicted octanol–water partition coefficient (Wildman–Crippen LogP) is 2.02. The Labute approximate surface area is 133 Å². The van der Waals surface area contributed by atoms with E-state index in [1.165, 1.54) is 58.2 Å². The molecule has 1 unspecified atom stereocenters. The van der Waals surface area contributed by atoms with Crippen LogP contribution in [-0.2, 0) is 0 Å². The number of unbranched alkanes of at least 4 members (excludes halogenated alkanes) is 2. The molecule has 4 heteroatoms. The fourth-order valence-electron chi connectivity index (χ4n) is 2.37. The second-order valence-corrected chi connectivity index (χ2v) is 6.77. The molecule has 0 saturated carbocycles. The molecular formula is C17H40N4. The van der Waals surface area contributed by atoms with Gasteiger partial charge in [0.15, 0.2) is 0 Å². The van der Waals surface area contributed by atoms with Crippen molar-refractivity contribution in [3.63, 3.8) is 0 Å². The lowest BCUT2D eigenvalue weighted by Crippen LogP contribution is -2.29. The summed E-state index contributed by atoms with van der Waals surface area (Å²) in [5.41, 5.74) is 0. The maximum absolute atomic E-state index is 3.62. The van der Waals surface area contributed by atoms with Crippen molar-refractivity contribution in [1.82, 2.24) is 20.4 Å². The molecule has 0 aliphatic carbocycles. The average Bonchev–Trinajstić information content (AvgIpc) is 2.41. The van der Waals surface area contributed by atoms with Gasteiger partial charge in [0, 0.05) is 6.04 Å². The zero-order chi connectivity index (χ0) is 15.9. The minimum atomic E-state index is 0.667. The Bertz CT molecular complexity index is 207. The Morgan fingerprint density at radius 2 is 1.29 bits per heavy atom. The smallest absolute Gasteiger partial charge is 0.00387 e. The first kappa shape index (κ1) is 20.8. The molecule has 0 rings (SSSR count). The van der Waals surface area contributed by atoms with Crippen molar-refractivity contribution in [2.24, 2.45) is 0 Å². The summed E-state index contributed by atoms with van der Waals surface area (Å²) >= 11 is 0. The molecule has 0 aliphatic heterocycles.